The minimum atomic E-state index is 0.0541. The monoisotopic (exact) mass is 472 g/mol. The Labute approximate surface area is 209 Å². The quantitative estimate of drug-likeness (QED) is 0.224. The zero-order chi connectivity index (χ0) is 24.2. The molecule has 0 radical (unpaired) electrons. The van der Waals surface area contributed by atoms with E-state index in [1.807, 2.05) is 0 Å². The van der Waals surface area contributed by atoms with Crippen LogP contribution in [0.25, 0.3) is 0 Å². The van der Waals surface area contributed by atoms with E-state index >= 15 is 0 Å². The minimum absolute atomic E-state index is 0.0541. The van der Waals surface area contributed by atoms with Crippen LogP contribution in [-0.2, 0) is 14.3 Å². The van der Waals surface area contributed by atoms with Gasteiger partial charge in [-0.3, -0.25) is 9.59 Å². The summed E-state index contributed by atoms with van der Waals surface area (Å²) in [4.78, 5) is 24.8. The first-order valence-electron chi connectivity index (χ1n) is 15.1. The fourth-order valence-corrected chi connectivity index (χ4v) is 8.99. The number of carbonyl (C=O) groups is 2. The summed E-state index contributed by atoms with van der Waals surface area (Å²) in [7, 11) is 0. The number of Topliss-reactive ketones (excluding diaryl/α,β-unsaturated/α-hetero) is 1. The maximum Gasteiger partial charge on any atom is 0.306 e. The van der Waals surface area contributed by atoms with E-state index in [9.17, 15) is 9.59 Å². The third kappa shape index (κ3) is 5.44. The maximum absolute atomic E-state index is 12.7. The van der Waals surface area contributed by atoms with Crippen LogP contribution in [0.15, 0.2) is 0 Å². The number of unbranched alkanes of at least 4 members (excludes halogenated alkanes) is 8. The van der Waals surface area contributed by atoms with E-state index in [1.165, 1.54) is 83.5 Å². The molecule has 0 heterocycles. The lowest BCUT2D eigenvalue weighted by molar-refractivity contribution is -0.164. The molecule has 0 bridgehead atoms. The molecule has 0 saturated heterocycles. The Morgan fingerprint density at radius 3 is 2.24 bits per heavy atom. The number of rotatable bonds is 11. The first-order valence-corrected chi connectivity index (χ1v) is 15.1. The molecular weight excluding hydrogens is 420 g/mol. The van der Waals surface area contributed by atoms with Gasteiger partial charge in [0.05, 0.1) is 0 Å². The Hall–Kier alpha value is -0.860. The van der Waals surface area contributed by atoms with E-state index in [2.05, 4.69) is 20.8 Å². The van der Waals surface area contributed by atoms with Gasteiger partial charge >= 0.3 is 5.97 Å². The fraction of sp³-hybridized carbons (Fsp3) is 0.935. The Kier molecular flexibility index (Phi) is 8.84. The highest BCUT2D eigenvalue weighted by atomic mass is 16.5. The molecule has 0 amide bonds. The minimum Gasteiger partial charge on any atom is -0.462 e. The smallest absolute Gasteiger partial charge is 0.306 e. The van der Waals surface area contributed by atoms with Crippen LogP contribution in [0.4, 0.5) is 0 Å². The second-order valence-corrected chi connectivity index (χ2v) is 13.1. The molecule has 3 heteroatoms. The van der Waals surface area contributed by atoms with Gasteiger partial charge < -0.3 is 4.74 Å². The number of esters is 1. The molecule has 7 atom stereocenters. The van der Waals surface area contributed by atoms with Crippen molar-refractivity contribution in [2.75, 3.05) is 0 Å². The summed E-state index contributed by atoms with van der Waals surface area (Å²) in [6.45, 7) is 7.22. The maximum atomic E-state index is 12.7. The lowest BCUT2D eigenvalue weighted by Crippen LogP contribution is -2.54. The molecule has 0 N–H and O–H groups in total. The van der Waals surface area contributed by atoms with Crippen molar-refractivity contribution in [1.29, 1.82) is 0 Å². The molecule has 4 fully saturated rings. The predicted molar refractivity (Wildman–Crippen MR) is 138 cm³/mol. The van der Waals surface area contributed by atoms with Crippen molar-refractivity contribution in [3.63, 3.8) is 0 Å². The summed E-state index contributed by atoms with van der Waals surface area (Å²) < 4.78 is 6.20. The molecule has 3 unspecified atom stereocenters. The lowest BCUT2D eigenvalue weighted by Gasteiger charge is -2.60. The average Bonchev–Trinajstić information content (AvgIpc) is 3.14. The first-order chi connectivity index (χ1) is 16.4. The molecule has 4 rings (SSSR count). The van der Waals surface area contributed by atoms with Gasteiger partial charge in [0.2, 0.25) is 0 Å². The van der Waals surface area contributed by atoms with Crippen LogP contribution in [0.3, 0.4) is 0 Å². The van der Waals surface area contributed by atoms with Crippen molar-refractivity contribution in [3.8, 4) is 0 Å². The SMILES string of the molecule is CCCCCCCCCCCC(=O)O[C@H]1CCC2C3CC[C@@H]4CC(=O)CC[C@]4(C)C3CC[C@@]21C. The van der Waals surface area contributed by atoms with Crippen molar-refractivity contribution in [2.24, 2.45) is 34.5 Å². The Morgan fingerprint density at radius 2 is 1.50 bits per heavy atom. The van der Waals surface area contributed by atoms with E-state index in [0.717, 1.165) is 43.9 Å². The highest BCUT2D eigenvalue weighted by Gasteiger charge is 2.61. The van der Waals surface area contributed by atoms with Crippen LogP contribution in [0, 0.1) is 34.5 Å². The van der Waals surface area contributed by atoms with Crippen LogP contribution in [0.5, 0.6) is 0 Å². The molecule has 0 aromatic carbocycles. The van der Waals surface area contributed by atoms with Crippen molar-refractivity contribution in [1.82, 2.24) is 0 Å². The average molecular weight is 473 g/mol. The van der Waals surface area contributed by atoms with Gasteiger partial charge in [-0.1, -0.05) is 72.1 Å². The summed E-state index contributed by atoms with van der Waals surface area (Å²) in [6, 6.07) is 0. The van der Waals surface area contributed by atoms with E-state index in [-0.39, 0.29) is 17.5 Å². The number of hydrogen-bond acceptors (Lipinski definition) is 3. The summed E-state index contributed by atoms with van der Waals surface area (Å²) in [5, 5.41) is 0. The molecule has 4 aliphatic rings. The van der Waals surface area contributed by atoms with Crippen LogP contribution in [0.1, 0.15) is 143 Å². The summed E-state index contributed by atoms with van der Waals surface area (Å²) in [5.74, 6) is 3.42. The zero-order valence-electron chi connectivity index (χ0n) is 22.5. The molecule has 3 nitrogen and oxygen atoms in total. The summed E-state index contributed by atoms with van der Waals surface area (Å²) >= 11 is 0. The molecule has 4 aliphatic carbocycles. The highest BCUT2D eigenvalue weighted by Crippen LogP contribution is 2.66. The van der Waals surface area contributed by atoms with Crippen LogP contribution in [-0.4, -0.2) is 17.9 Å². The Balaban J connectivity index is 1.22. The normalized spacial score (nSPS) is 39.3. The number of ketones is 1. The van der Waals surface area contributed by atoms with Gasteiger partial charge in [-0.25, -0.2) is 0 Å². The van der Waals surface area contributed by atoms with Gasteiger partial charge in [-0.05, 0) is 80.5 Å². The van der Waals surface area contributed by atoms with Crippen LogP contribution >= 0.6 is 0 Å². The van der Waals surface area contributed by atoms with Gasteiger partial charge in [-0.15, -0.1) is 0 Å². The van der Waals surface area contributed by atoms with E-state index in [1.54, 1.807) is 0 Å². The number of hydrogen-bond donors (Lipinski definition) is 0. The standard InChI is InChI=1S/C31H52O3/c1-4-5-6-7-8-9-10-11-12-13-29(33)34-28-17-16-26-25-15-14-23-22-24(32)18-20-30(23,2)27(25)19-21-31(26,28)3/h23,25-28H,4-22H2,1-3H3/t23-,25?,26?,27?,28+,30+,31+/m1/s1. The van der Waals surface area contributed by atoms with Gasteiger partial charge in [0.25, 0.3) is 0 Å². The Morgan fingerprint density at radius 1 is 0.824 bits per heavy atom. The third-order valence-corrected chi connectivity index (χ3v) is 11.2. The molecular formula is C31H52O3. The number of fused-ring (bicyclic) bond motifs is 5. The second kappa shape index (κ2) is 11.5. The second-order valence-electron chi connectivity index (χ2n) is 13.1. The Bertz CT molecular complexity index is 701. The molecule has 0 spiro atoms. The number of ether oxygens (including phenoxy) is 1. The molecule has 34 heavy (non-hydrogen) atoms. The highest BCUT2D eigenvalue weighted by molar-refractivity contribution is 5.79. The van der Waals surface area contributed by atoms with Crippen molar-refractivity contribution in [3.05, 3.63) is 0 Å². The van der Waals surface area contributed by atoms with E-state index < -0.39 is 0 Å². The molecule has 0 aromatic rings. The van der Waals surface area contributed by atoms with E-state index in [4.69, 9.17) is 4.74 Å². The summed E-state index contributed by atoms with van der Waals surface area (Å²) in [6.07, 6.45) is 22.3. The fourth-order valence-electron chi connectivity index (χ4n) is 8.99. The van der Waals surface area contributed by atoms with E-state index in [0.29, 0.717) is 29.5 Å². The summed E-state index contributed by atoms with van der Waals surface area (Å²) in [5.41, 5.74) is 0.534. The van der Waals surface area contributed by atoms with Crippen LogP contribution < -0.4 is 0 Å². The largest absolute Gasteiger partial charge is 0.462 e. The lowest BCUT2D eigenvalue weighted by atomic mass is 9.45. The molecule has 0 aliphatic heterocycles. The van der Waals surface area contributed by atoms with Crippen LogP contribution in [0.2, 0.25) is 0 Å². The van der Waals surface area contributed by atoms with Crippen molar-refractivity contribution < 1.29 is 14.3 Å². The third-order valence-electron chi connectivity index (χ3n) is 11.2. The first kappa shape index (κ1) is 26.2. The molecule has 4 saturated carbocycles. The predicted octanol–water partition coefficient (Wildman–Crippen LogP) is 8.43. The van der Waals surface area contributed by atoms with Crippen molar-refractivity contribution in [2.45, 2.75) is 149 Å². The van der Waals surface area contributed by atoms with Crippen molar-refractivity contribution >= 4 is 11.8 Å². The van der Waals surface area contributed by atoms with Gasteiger partial charge in [0.15, 0.2) is 0 Å². The topological polar surface area (TPSA) is 43.4 Å². The van der Waals surface area contributed by atoms with Gasteiger partial charge in [-0.2, -0.15) is 0 Å². The number of carbonyl (C=O) groups excluding carboxylic acids is 2. The van der Waals surface area contributed by atoms with Gasteiger partial charge in [0.1, 0.15) is 11.9 Å². The molecule has 194 valence electrons. The zero-order valence-corrected chi connectivity index (χ0v) is 22.5. The van der Waals surface area contributed by atoms with Gasteiger partial charge in [0, 0.05) is 24.7 Å². The molecule has 0 aromatic heterocycles.